The van der Waals surface area contributed by atoms with Crippen molar-refractivity contribution in [1.82, 2.24) is 9.62 Å². The Labute approximate surface area is 150 Å². The maximum absolute atomic E-state index is 12.4. The average molecular weight is 368 g/mol. The van der Waals surface area contributed by atoms with Gasteiger partial charge in [0.05, 0.1) is 5.75 Å². The summed E-state index contributed by atoms with van der Waals surface area (Å²) in [5.74, 6) is -0.0593. The first kappa shape index (κ1) is 19.7. The molecule has 1 saturated heterocycles. The lowest BCUT2D eigenvalue weighted by Crippen LogP contribution is -2.50. The highest BCUT2D eigenvalue weighted by molar-refractivity contribution is 7.88. The number of rotatable bonds is 4. The highest BCUT2D eigenvalue weighted by Crippen LogP contribution is 2.16. The second-order valence-corrected chi connectivity index (χ2v) is 9.38. The molecule has 1 fully saturated rings. The Morgan fingerprint density at radius 3 is 2.52 bits per heavy atom. The van der Waals surface area contributed by atoms with Crippen molar-refractivity contribution in [2.24, 2.45) is 0 Å². The van der Waals surface area contributed by atoms with Gasteiger partial charge < -0.3 is 9.64 Å². The molecular formula is C18H28N2O4S. The molecule has 7 heteroatoms. The Morgan fingerprint density at radius 2 is 1.92 bits per heavy atom. The molecule has 0 aliphatic carbocycles. The van der Waals surface area contributed by atoms with Gasteiger partial charge >= 0.3 is 6.09 Å². The van der Waals surface area contributed by atoms with Gasteiger partial charge in [-0.2, -0.15) is 0 Å². The number of nitrogens with one attached hydrogen (secondary N) is 1. The van der Waals surface area contributed by atoms with E-state index in [1.54, 1.807) is 4.90 Å². The van der Waals surface area contributed by atoms with Crippen LogP contribution in [0.3, 0.4) is 0 Å². The summed E-state index contributed by atoms with van der Waals surface area (Å²) in [6, 6.07) is 7.16. The first-order valence-corrected chi connectivity index (χ1v) is 10.2. The first-order chi connectivity index (χ1) is 11.5. The van der Waals surface area contributed by atoms with Gasteiger partial charge in [0.1, 0.15) is 5.60 Å². The third-order valence-corrected chi connectivity index (χ3v) is 5.30. The largest absolute Gasteiger partial charge is 0.444 e. The Hall–Kier alpha value is -1.60. The van der Waals surface area contributed by atoms with E-state index in [1.165, 1.54) is 0 Å². The van der Waals surface area contributed by atoms with E-state index >= 15 is 0 Å². The number of carbonyl (C=O) groups is 1. The van der Waals surface area contributed by atoms with Crippen LogP contribution in [0.25, 0.3) is 0 Å². The molecule has 1 amide bonds. The summed E-state index contributed by atoms with van der Waals surface area (Å²) in [4.78, 5) is 13.8. The number of piperidine rings is 1. The monoisotopic (exact) mass is 368 g/mol. The van der Waals surface area contributed by atoms with Crippen LogP contribution in [-0.4, -0.2) is 44.1 Å². The fourth-order valence-electron chi connectivity index (χ4n) is 2.76. The topological polar surface area (TPSA) is 75.7 Å². The molecule has 1 aliphatic heterocycles. The fraction of sp³-hybridized carbons (Fsp3) is 0.611. The van der Waals surface area contributed by atoms with Crippen LogP contribution >= 0.6 is 0 Å². The summed E-state index contributed by atoms with van der Waals surface area (Å²) in [6.45, 7) is 8.33. The predicted molar refractivity (Wildman–Crippen MR) is 97.8 cm³/mol. The van der Waals surface area contributed by atoms with Crippen LogP contribution in [0.5, 0.6) is 0 Å². The molecule has 0 radical (unpaired) electrons. The molecule has 0 bridgehead atoms. The SMILES string of the molecule is Cc1ccc(CS(=O)(=O)N[C@H]2CCCN(C(=O)OC(C)(C)C)C2)cc1. The third kappa shape index (κ3) is 6.66. The predicted octanol–water partition coefficient (Wildman–Crippen LogP) is 2.81. The van der Waals surface area contributed by atoms with E-state index in [1.807, 2.05) is 52.0 Å². The van der Waals surface area contributed by atoms with Gasteiger partial charge in [0.2, 0.25) is 10.0 Å². The van der Waals surface area contributed by atoms with Gasteiger partial charge in [-0.25, -0.2) is 17.9 Å². The zero-order valence-electron chi connectivity index (χ0n) is 15.4. The summed E-state index contributed by atoms with van der Waals surface area (Å²) in [7, 11) is -3.46. The highest BCUT2D eigenvalue weighted by Gasteiger charge is 2.29. The molecule has 0 aromatic heterocycles. The first-order valence-electron chi connectivity index (χ1n) is 8.57. The number of nitrogens with zero attached hydrogens (tertiary/aromatic N) is 1. The van der Waals surface area contributed by atoms with Gasteiger partial charge in [0, 0.05) is 19.1 Å². The molecular weight excluding hydrogens is 340 g/mol. The molecule has 1 heterocycles. The van der Waals surface area contributed by atoms with Gasteiger partial charge in [-0.05, 0) is 46.1 Å². The zero-order valence-corrected chi connectivity index (χ0v) is 16.2. The molecule has 2 rings (SSSR count). The molecule has 1 aliphatic rings. The number of sulfonamides is 1. The van der Waals surface area contributed by atoms with E-state index in [0.717, 1.165) is 17.5 Å². The highest BCUT2D eigenvalue weighted by atomic mass is 32.2. The molecule has 25 heavy (non-hydrogen) atoms. The standard InChI is InChI=1S/C18H28N2O4S/c1-14-7-9-15(10-8-14)13-25(22,23)19-16-6-5-11-20(12-16)17(21)24-18(2,3)4/h7-10,16,19H,5-6,11-13H2,1-4H3/t16-/m0/s1. The third-order valence-electron chi connectivity index (χ3n) is 3.90. The minimum atomic E-state index is -3.46. The number of hydrogen-bond acceptors (Lipinski definition) is 4. The van der Waals surface area contributed by atoms with E-state index < -0.39 is 21.7 Å². The number of likely N-dealkylation sites (tertiary alicyclic amines) is 1. The van der Waals surface area contributed by atoms with E-state index in [0.29, 0.717) is 19.5 Å². The van der Waals surface area contributed by atoms with Crippen LogP contribution in [0.2, 0.25) is 0 Å². The molecule has 1 aromatic rings. The summed E-state index contributed by atoms with van der Waals surface area (Å²) in [5.41, 5.74) is 1.28. The Morgan fingerprint density at radius 1 is 1.28 bits per heavy atom. The number of hydrogen-bond donors (Lipinski definition) is 1. The second-order valence-electron chi connectivity index (χ2n) is 7.63. The maximum Gasteiger partial charge on any atom is 0.410 e. The normalized spacial score (nSPS) is 18.9. The van der Waals surface area contributed by atoms with Gasteiger partial charge in [-0.3, -0.25) is 0 Å². The number of amides is 1. The molecule has 140 valence electrons. The smallest absolute Gasteiger partial charge is 0.410 e. The minimum Gasteiger partial charge on any atom is -0.444 e. The quantitative estimate of drug-likeness (QED) is 0.887. The van der Waals surface area contributed by atoms with Crippen molar-refractivity contribution in [3.63, 3.8) is 0 Å². The van der Waals surface area contributed by atoms with Crippen molar-refractivity contribution in [1.29, 1.82) is 0 Å². The summed E-state index contributed by atoms with van der Waals surface area (Å²) >= 11 is 0. The summed E-state index contributed by atoms with van der Waals surface area (Å²) < 4.78 is 32.9. The van der Waals surface area contributed by atoms with Crippen molar-refractivity contribution in [3.05, 3.63) is 35.4 Å². The number of carbonyl (C=O) groups excluding carboxylic acids is 1. The molecule has 1 N–H and O–H groups in total. The van der Waals surface area contributed by atoms with Crippen molar-refractivity contribution in [2.75, 3.05) is 13.1 Å². The molecule has 1 atom stereocenters. The van der Waals surface area contributed by atoms with Crippen LogP contribution in [-0.2, 0) is 20.5 Å². The van der Waals surface area contributed by atoms with Crippen LogP contribution in [0.15, 0.2) is 24.3 Å². The summed E-state index contributed by atoms with van der Waals surface area (Å²) in [5, 5.41) is 0. The lowest BCUT2D eigenvalue weighted by molar-refractivity contribution is 0.0195. The number of aryl methyl sites for hydroxylation is 1. The molecule has 1 aromatic carbocycles. The van der Waals surface area contributed by atoms with Crippen LogP contribution in [0.1, 0.15) is 44.7 Å². The number of ether oxygens (including phenoxy) is 1. The molecule has 6 nitrogen and oxygen atoms in total. The van der Waals surface area contributed by atoms with Crippen LogP contribution in [0.4, 0.5) is 4.79 Å². The van der Waals surface area contributed by atoms with Gasteiger partial charge in [0.25, 0.3) is 0 Å². The Bertz CT molecular complexity index is 693. The summed E-state index contributed by atoms with van der Waals surface area (Å²) in [6.07, 6.45) is 1.07. The lowest BCUT2D eigenvalue weighted by Gasteiger charge is -2.34. The maximum atomic E-state index is 12.4. The molecule has 0 unspecified atom stereocenters. The Kier molecular flexibility index (Phi) is 6.11. The fourth-order valence-corrected chi connectivity index (χ4v) is 4.18. The Balaban J connectivity index is 1.94. The van der Waals surface area contributed by atoms with Gasteiger partial charge in [0.15, 0.2) is 0 Å². The van der Waals surface area contributed by atoms with Gasteiger partial charge in [-0.1, -0.05) is 29.8 Å². The van der Waals surface area contributed by atoms with Crippen LogP contribution in [0, 0.1) is 6.92 Å². The molecule has 0 spiro atoms. The van der Waals surface area contributed by atoms with E-state index in [9.17, 15) is 13.2 Å². The van der Waals surface area contributed by atoms with Crippen LogP contribution < -0.4 is 4.72 Å². The lowest BCUT2D eigenvalue weighted by atomic mass is 10.1. The average Bonchev–Trinajstić information content (AvgIpc) is 2.47. The van der Waals surface area contributed by atoms with Gasteiger partial charge in [-0.15, -0.1) is 0 Å². The van der Waals surface area contributed by atoms with Crippen molar-refractivity contribution >= 4 is 16.1 Å². The second kappa shape index (κ2) is 7.74. The van der Waals surface area contributed by atoms with E-state index in [4.69, 9.17) is 4.74 Å². The van der Waals surface area contributed by atoms with Crippen molar-refractivity contribution in [2.45, 2.75) is 57.9 Å². The minimum absolute atomic E-state index is 0.0593. The molecule has 0 saturated carbocycles. The van der Waals surface area contributed by atoms with Crippen molar-refractivity contribution < 1.29 is 17.9 Å². The van der Waals surface area contributed by atoms with E-state index in [-0.39, 0.29) is 11.8 Å². The zero-order chi connectivity index (χ0) is 18.7. The van der Waals surface area contributed by atoms with Crippen molar-refractivity contribution in [3.8, 4) is 0 Å². The van der Waals surface area contributed by atoms with E-state index in [2.05, 4.69) is 4.72 Å². The number of benzene rings is 1.